The lowest BCUT2D eigenvalue weighted by atomic mass is 9.90. The molecule has 0 radical (unpaired) electrons. The number of fused-ring (bicyclic) bond motifs is 3. The van der Waals surface area contributed by atoms with Crippen LogP contribution in [0.3, 0.4) is 0 Å². The van der Waals surface area contributed by atoms with Crippen molar-refractivity contribution in [2.45, 2.75) is 25.8 Å². The predicted octanol–water partition coefficient (Wildman–Crippen LogP) is 1.25. The van der Waals surface area contributed by atoms with Crippen LogP contribution in [-0.4, -0.2) is 20.3 Å². The molecule has 0 amide bonds. The first-order chi connectivity index (χ1) is 11.1. The fourth-order valence-corrected chi connectivity index (χ4v) is 3.07. The van der Waals surface area contributed by atoms with Crippen molar-refractivity contribution in [3.8, 4) is 0 Å². The number of H-pyrrole nitrogens is 1. The van der Waals surface area contributed by atoms with E-state index in [1.165, 1.54) is 17.0 Å². The minimum atomic E-state index is -0.548. The first-order valence-corrected chi connectivity index (χ1v) is 7.35. The molecule has 116 valence electrons. The highest BCUT2D eigenvalue weighted by Crippen LogP contribution is 2.25. The Bertz CT molecular complexity index is 1030. The van der Waals surface area contributed by atoms with Crippen molar-refractivity contribution < 1.29 is 9.21 Å². The van der Waals surface area contributed by atoms with Gasteiger partial charge in [-0.05, 0) is 30.5 Å². The second-order valence-corrected chi connectivity index (χ2v) is 5.55. The number of hydrogen-bond acceptors (Lipinski definition) is 5. The van der Waals surface area contributed by atoms with Crippen molar-refractivity contribution in [3.63, 3.8) is 0 Å². The fourth-order valence-electron chi connectivity index (χ4n) is 3.07. The number of aromatic amines is 1. The Kier molecular flexibility index (Phi) is 3.00. The maximum Gasteiger partial charge on any atom is 0.330 e. The molecule has 0 saturated carbocycles. The lowest BCUT2D eigenvalue weighted by Gasteiger charge is -2.17. The van der Waals surface area contributed by atoms with E-state index in [1.54, 1.807) is 12.1 Å². The Morgan fingerprint density at radius 1 is 1.26 bits per heavy atom. The second-order valence-electron chi connectivity index (χ2n) is 5.55. The molecule has 3 heterocycles. The summed E-state index contributed by atoms with van der Waals surface area (Å²) in [5.74, 6) is 0.569. The van der Waals surface area contributed by atoms with Crippen molar-refractivity contribution in [1.29, 1.82) is 0 Å². The van der Waals surface area contributed by atoms with Gasteiger partial charge in [-0.25, -0.2) is 9.78 Å². The van der Waals surface area contributed by atoms with Crippen molar-refractivity contribution in [3.05, 3.63) is 62.3 Å². The van der Waals surface area contributed by atoms with Gasteiger partial charge in [0.15, 0.2) is 5.78 Å². The van der Waals surface area contributed by atoms with Gasteiger partial charge >= 0.3 is 5.69 Å². The molecule has 1 aliphatic carbocycles. The molecule has 7 nitrogen and oxygen atoms in total. The maximum absolute atomic E-state index is 12.3. The minimum Gasteiger partial charge on any atom is -0.467 e. The van der Waals surface area contributed by atoms with Gasteiger partial charge in [-0.15, -0.1) is 0 Å². The number of aromatic nitrogens is 3. The molecular weight excluding hydrogens is 298 g/mol. The van der Waals surface area contributed by atoms with E-state index in [1.807, 2.05) is 0 Å². The molecular formula is C16H13N3O4. The van der Waals surface area contributed by atoms with Crippen molar-refractivity contribution in [1.82, 2.24) is 14.5 Å². The summed E-state index contributed by atoms with van der Waals surface area (Å²) in [6.07, 6.45) is 4.77. The van der Waals surface area contributed by atoms with Gasteiger partial charge in [0.2, 0.25) is 0 Å². The van der Waals surface area contributed by atoms with Crippen molar-refractivity contribution >= 4 is 16.8 Å². The van der Waals surface area contributed by atoms with Gasteiger partial charge in [0.05, 0.1) is 18.2 Å². The molecule has 0 unspecified atom stereocenters. The van der Waals surface area contributed by atoms with Gasteiger partial charge in [0.1, 0.15) is 11.4 Å². The Labute approximate surface area is 129 Å². The van der Waals surface area contributed by atoms with Crippen LogP contribution in [0.4, 0.5) is 0 Å². The number of carbonyl (C=O) groups excluding carboxylic acids is 1. The van der Waals surface area contributed by atoms with Crippen LogP contribution in [0.1, 0.15) is 34.5 Å². The zero-order chi connectivity index (χ0) is 16.0. The summed E-state index contributed by atoms with van der Waals surface area (Å²) < 4.78 is 6.62. The van der Waals surface area contributed by atoms with Gasteiger partial charge < -0.3 is 4.42 Å². The van der Waals surface area contributed by atoms with Crippen molar-refractivity contribution in [2.75, 3.05) is 0 Å². The molecule has 0 saturated heterocycles. The molecule has 23 heavy (non-hydrogen) atoms. The number of pyridine rings is 1. The number of rotatable bonds is 2. The fraction of sp³-hybridized carbons (Fsp3) is 0.250. The molecule has 1 aliphatic rings. The number of ketones is 1. The number of nitrogens with one attached hydrogen (secondary N) is 1. The summed E-state index contributed by atoms with van der Waals surface area (Å²) in [4.78, 5) is 43.0. The normalized spacial score (nSPS) is 14.2. The predicted molar refractivity (Wildman–Crippen MR) is 81.7 cm³/mol. The maximum atomic E-state index is 12.3. The Morgan fingerprint density at radius 3 is 2.91 bits per heavy atom. The standard InChI is InChI=1S/C16H13N3O4/c20-12-5-1-4-10-11(12)7-17-14-13(10)15(21)18-16(22)19(14)8-9-3-2-6-23-9/h2-3,6-7H,1,4-5,8H2,(H,18,21,22). The van der Waals surface area contributed by atoms with Crippen LogP contribution in [0.15, 0.2) is 38.6 Å². The average molecular weight is 311 g/mol. The molecule has 1 N–H and O–H groups in total. The van der Waals surface area contributed by atoms with E-state index in [9.17, 15) is 14.4 Å². The van der Waals surface area contributed by atoms with E-state index in [-0.39, 0.29) is 18.0 Å². The smallest absolute Gasteiger partial charge is 0.330 e. The number of nitrogens with zero attached hydrogens (tertiary/aromatic N) is 2. The Balaban J connectivity index is 2.03. The summed E-state index contributed by atoms with van der Waals surface area (Å²) >= 11 is 0. The summed E-state index contributed by atoms with van der Waals surface area (Å²) in [5, 5.41) is 0.321. The molecule has 0 aromatic carbocycles. The third kappa shape index (κ3) is 2.12. The second kappa shape index (κ2) is 5.05. The summed E-state index contributed by atoms with van der Waals surface area (Å²) in [7, 11) is 0. The van der Waals surface area contributed by atoms with Crippen LogP contribution in [0, 0.1) is 0 Å². The molecule has 4 rings (SSSR count). The molecule has 0 fully saturated rings. The number of aryl methyl sites for hydroxylation is 1. The highest BCUT2D eigenvalue weighted by atomic mass is 16.3. The topological polar surface area (TPSA) is 98.0 Å². The van der Waals surface area contributed by atoms with Crippen LogP contribution < -0.4 is 11.2 Å². The van der Waals surface area contributed by atoms with Crippen LogP contribution in [0.2, 0.25) is 0 Å². The van der Waals surface area contributed by atoms with Crippen LogP contribution in [0.5, 0.6) is 0 Å². The minimum absolute atomic E-state index is 0.0103. The van der Waals surface area contributed by atoms with Crippen LogP contribution in [0.25, 0.3) is 11.0 Å². The molecule has 3 aromatic rings. The van der Waals surface area contributed by atoms with Gasteiger partial charge in [-0.1, -0.05) is 0 Å². The SMILES string of the molecule is O=C1CCCc2c1cnc1c2c(=O)[nH]c(=O)n1Cc1ccco1. The monoisotopic (exact) mass is 311 g/mol. The first-order valence-electron chi connectivity index (χ1n) is 7.35. The van der Waals surface area contributed by atoms with E-state index in [0.29, 0.717) is 41.5 Å². The Hall–Kier alpha value is -2.96. The summed E-state index contributed by atoms with van der Waals surface area (Å²) in [6, 6.07) is 3.47. The highest BCUT2D eigenvalue weighted by Gasteiger charge is 2.23. The largest absolute Gasteiger partial charge is 0.467 e. The quantitative estimate of drug-likeness (QED) is 0.768. The lowest BCUT2D eigenvalue weighted by Crippen LogP contribution is -2.32. The molecule has 0 aliphatic heterocycles. The molecule has 0 atom stereocenters. The number of carbonyl (C=O) groups is 1. The summed E-state index contributed by atoms with van der Waals surface area (Å²) in [5.41, 5.74) is 0.398. The molecule has 3 aromatic heterocycles. The number of Topliss-reactive ketones (excluding diaryl/α,β-unsaturated/α-hetero) is 1. The van der Waals surface area contributed by atoms with Crippen molar-refractivity contribution in [2.24, 2.45) is 0 Å². The number of furan rings is 1. The van der Waals surface area contributed by atoms with Crippen LogP contribution >= 0.6 is 0 Å². The lowest BCUT2D eigenvalue weighted by molar-refractivity contribution is 0.0972. The van der Waals surface area contributed by atoms with E-state index in [2.05, 4.69) is 9.97 Å². The van der Waals surface area contributed by atoms with E-state index >= 15 is 0 Å². The van der Waals surface area contributed by atoms with Gasteiger partial charge in [-0.2, -0.15) is 0 Å². The molecule has 7 heteroatoms. The molecule has 0 spiro atoms. The molecule has 0 bridgehead atoms. The zero-order valence-electron chi connectivity index (χ0n) is 12.2. The van der Waals surface area contributed by atoms with Gasteiger partial charge in [-0.3, -0.25) is 19.1 Å². The van der Waals surface area contributed by atoms with Gasteiger partial charge in [0.25, 0.3) is 5.56 Å². The average Bonchev–Trinajstić information content (AvgIpc) is 3.04. The number of hydrogen-bond donors (Lipinski definition) is 1. The highest BCUT2D eigenvalue weighted by molar-refractivity contribution is 6.01. The van der Waals surface area contributed by atoms with Gasteiger partial charge in [0, 0.05) is 18.2 Å². The first kappa shape index (κ1) is 13.7. The Morgan fingerprint density at radius 2 is 2.13 bits per heavy atom. The third-order valence-electron chi connectivity index (χ3n) is 4.14. The van der Waals surface area contributed by atoms with Crippen LogP contribution in [-0.2, 0) is 13.0 Å². The van der Waals surface area contributed by atoms with E-state index < -0.39 is 11.2 Å². The zero-order valence-corrected chi connectivity index (χ0v) is 12.2. The van der Waals surface area contributed by atoms with E-state index in [4.69, 9.17) is 4.42 Å². The van der Waals surface area contributed by atoms with E-state index in [0.717, 1.165) is 0 Å². The summed E-state index contributed by atoms with van der Waals surface area (Å²) in [6.45, 7) is 0.166. The third-order valence-corrected chi connectivity index (χ3v) is 4.14.